The number of benzene rings is 2. The molecular formula is C21H25NO3. The molecule has 2 aromatic rings. The van der Waals surface area contributed by atoms with Gasteiger partial charge in [-0.3, -0.25) is 4.79 Å². The summed E-state index contributed by atoms with van der Waals surface area (Å²) in [7, 11) is 1.65. The molecule has 0 aromatic heterocycles. The first-order valence-corrected chi connectivity index (χ1v) is 8.80. The Hall–Kier alpha value is -2.17. The minimum absolute atomic E-state index is 0.182. The van der Waals surface area contributed by atoms with Crippen molar-refractivity contribution in [1.29, 1.82) is 0 Å². The SMILES string of the molecule is COCCOCCCC(=O)N1Cc2ccccc2-c2ccccc2C1. The fourth-order valence-electron chi connectivity index (χ4n) is 3.21. The van der Waals surface area contributed by atoms with Crippen molar-refractivity contribution in [1.82, 2.24) is 4.90 Å². The van der Waals surface area contributed by atoms with Crippen LogP contribution >= 0.6 is 0 Å². The normalized spacial score (nSPS) is 13.1. The number of carbonyl (C=O) groups excluding carboxylic acids is 1. The fourth-order valence-corrected chi connectivity index (χ4v) is 3.21. The van der Waals surface area contributed by atoms with E-state index >= 15 is 0 Å². The number of ether oxygens (including phenoxy) is 2. The molecule has 0 N–H and O–H groups in total. The molecule has 132 valence electrons. The summed E-state index contributed by atoms with van der Waals surface area (Å²) in [4.78, 5) is 14.7. The van der Waals surface area contributed by atoms with Gasteiger partial charge >= 0.3 is 0 Å². The van der Waals surface area contributed by atoms with Gasteiger partial charge in [-0.2, -0.15) is 0 Å². The maximum atomic E-state index is 12.7. The quantitative estimate of drug-likeness (QED) is 0.723. The van der Waals surface area contributed by atoms with Crippen molar-refractivity contribution >= 4 is 5.91 Å². The van der Waals surface area contributed by atoms with Crippen LogP contribution in [0.2, 0.25) is 0 Å². The summed E-state index contributed by atoms with van der Waals surface area (Å²) in [5, 5.41) is 0. The molecule has 2 aromatic carbocycles. The maximum Gasteiger partial charge on any atom is 0.223 e. The monoisotopic (exact) mass is 339 g/mol. The summed E-state index contributed by atoms with van der Waals surface area (Å²) in [6.07, 6.45) is 1.25. The molecule has 0 fully saturated rings. The van der Waals surface area contributed by atoms with Gasteiger partial charge in [-0.1, -0.05) is 48.5 Å². The second-order valence-corrected chi connectivity index (χ2v) is 6.27. The Balaban J connectivity index is 1.67. The Morgan fingerprint density at radius 3 is 2.12 bits per heavy atom. The van der Waals surface area contributed by atoms with Crippen LogP contribution in [0.25, 0.3) is 11.1 Å². The van der Waals surface area contributed by atoms with Crippen LogP contribution in [0.4, 0.5) is 0 Å². The second kappa shape index (κ2) is 8.79. The summed E-state index contributed by atoms with van der Waals surface area (Å²) in [6, 6.07) is 16.7. The number of hydrogen-bond donors (Lipinski definition) is 0. The van der Waals surface area contributed by atoms with Crippen LogP contribution in [-0.4, -0.2) is 37.7 Å². The summed E-state index contributed by atoms with van der Waals surface area (Å²) in [5.41, 5.74) is 4.88. The molecule has 0 saturated carbocycles. The van der Waals surface area contributed by atoms with Gasteiger partial charge in [0, 0.05) is 33.2 Å². The molecule has 0 radical (unpaired) electrons. The van der Waals surface area contributed by atoms with Gasteiger partial charge in [0.15, 0.2) is 0 Å². The highest BCUT2D eigenvalue weighted by molar-refractivity contribution is 5.79. The van der Waals surface area contributed by atoms with Gasteiger partial charge in [0.1, 0.15) is 0 Å². The minimum atomic E-state index is 0.182. The molecule has 1 heterocycles. The van der Waals surface area contributed by atoms with Crippen molar-refractivity contribution in [3.8, 4) is 11.1 Å². The predicted molar refractivity (Wildman–Crippen MR) is 98.1 cm³/mol. The van der Waals surface area contributed by atoms with Crippen molar-refractivity contribution in [2.24, 2.45) is 0 Å². The van der Waals surface area contributed by atoms with E-state index in [-0.39, 0.29) is 5.91 Å². The number of hydrogen-bond acceptors (Lipinski definition) is 3. The van der Waals surface area contributed by atoms with Crippen molar-refractivity contribution in [3.05, 3.63) is 59.7 Å². The topological polar surface area (TPSA) is 38.8 Å². The number of fused-ring (bicyclic) bond motifs is 3. The molecule has 3 rings (SSSR count). The van der Waals surface area contributed by atoms with E-state index in [2.05, 4.69) is 36.4 Å². The number of rotatable bonds is 7. The molecule has 0 spiro atoms. The minimum Gasteiger partial charge on any atom is -0.382 e. The third-order valence-electron chi connectivity index (χ3n) is 4.51. The molecule has 0 aliphatic carbocycles. The van der Waals surface area contributed by atoms with E-state index in [0.717, 1.165) is 6.42 Å². The zero-order chi connectivity index (χ0) is 17.5. The molecule has 25 heavy (non-hydrogen) atoms. The van der Waals surface area contributed by atoms with Gasteiger partial charge in [-0.15, -0.1) is 0 Å². The van der Waals surface area contributed by atoms with Gasteiger partial charge in [0.2, 0.25) is 5.91 Å². The van der Waals surface area contributed by atoms with E-state index in [9.17, 15) is 4.79 Å². The van der Waals surface area contributed by atoms with Crippen LogP contribution in [0.3, 0.4) is 0 Å². The summed E-state index contributed by atoms with van der Waals surface area (Å²) < 4.78 is 10.4. The average Bonchev–Trinajstić information content (AvgIpc) is 2.81. The van der Waals surface area contributed by atoms with E-state index in [1.54, 1.807) is 7.11 Å². The molecule has 4 nitrogen and oxygen atoms in total. The summed E-state index contributed by atoms with van der Waals surface area (Å²) in [5.74, 6) is 0.182. The van der Waals surface area contributed by atoms with Crippen LogP contribution < -0.4 is 0 Å². The van der Waals surface area contributed by atoms with E-state index < -0.39 is 0 Å². The highest BCUT2D eigenvalue weighted by Crippen LogP contribution is 2.32. The Kier molecular flexibility index (Phi) is 6.20. The lowest BCUT2D eigenvalue weighted by atomic mass is 9.97. The predicted octanol–water partition coefficient (Wildman–Crippen LogP) is 3.64. The third-order valence-corrected chi connectivity index (χ3v) is 4.51. The molecule has 4 heteroatoms. The largest absolute Gasteiger partial charge is 0.382 e. The zero-order valence-corrected chi connectivity index (χ0v) is 14.7. The van der Waals surface area contributed by atoms with E-state index in [0.29, 0.717) is 39.3 Å². The summed E-state index contributed by atoms with van der Waals surface area (Å²) in [6.45, 7) is 3.08. The second-order valence-electron chi connectivity index (χ2n) is 6.27. The Morgan fingerprint density at radius 1 is 0.920 bits per heavy atom. The van der Waals surface area contributed by atoms with Crippen LogP contribution in [0.5, 0.6) is 0 Å². The van der Waals surface area contributed by atoms with Crippen molar-refractivity contribution in [2.75, 3.05) is 26.9 Å². The van der Waals surface area contributed by atoms with Crippen molar-refractivity contribution < 1.29 is 14.3 Å². The van der Waals surface area contributed by atoms with Crippen LogP contribution in [0, 0.1) is 0 Å². The molecule has 1 aliphatic rings. The van der Waals surface area contributed by atoms with Crippen LogP contribution in [0.1, 0.15) is 24.0 Å². The third kappa shape index (κ3) is 4.47. The van der Waals surface area contributed by atoms with E-state index in [1.165, 1.54) is 22.3 Å². The van der Waals surface area contributed by atoms with Crippen molar-refractivity contribution in [2.45, 2.75) is 25.9 Å². The molecule has 0 saturated heterocycles. The molecule has 1 amide bonds. The lowest BCUT2D eigenvalue weighted by molar-refractivity contribution is -0.132. The first-order chi connectivity index (χ1) is 12.3. The van der Waals surface area contributed by atoms with E-state index in [4.69, 9.17) is 9.47 Å². The molecule has 0 atom stereocenters. The van der Waals surface area contributed by atoms with Gasteiger partial charge in [-0.05, 0) is 28.7 Å². The zero-order valence-electron chi connectivity index (χ0n) is 14.7. The number of carbonyl (C=O) groups is 1. The van der Waals surface area contributed by atoms with E-state index in [1.807, 2.05) is 17.0 Å². The maximum absolute atomic E-state index is 12.7. The lowest BCUT2D eigenvalue weighted by Crippen LogP contribution is -2.29. The lowest BCUT2D eigenvalue weighted by Gasteiger charge is -2.21. The van der Waals surface area contributed by atoms with Crippen LogP contribution in [-0.2, 0) is 27.4 Å². The van der Waals surface area contributed by atoms with Crippen LogP contribution in [0.15, 0.2) is 48.5 Å². The standard InChI is InChI=1S/C21H25NO3/c1-24-13-14-25-12-6-11-21(23)22-15-17-7-2-4-9-19(17)20-10-5-3-8-18(20)16-22/h2-5,7-10H,6,11-16H2,1H3. The Labute approximate surface area is 149 Å². The first kappa shape index (κ1) is 17.6. The van der Waals surface area contributed by atoms with Gasteiger partial charge in [-0.25, -0.2) is 0 Å². The smallest absolute Gasteiger partial charge is 0.223 e. The number of methoxy groups -OCH3 is 1. The Morgan fingerprint density at radius 2 is 1.52 bits per heavy atom. The van der Waals surface area contributed by atoms with Crippen molar-refractivity contribution in [3.63, 3.8) is 0 Å². The fraction of sp³-hybridized carbons (Fsp3) is 0.381. The molecule has 0 unspecified atom stereocenters. The molecule has 0 bridgehead atoms. The summed E-state index contributed by atoms with van der Waals surface area (Å²) >= 11 is 0. The number of amides is 1. The highest BCUT2D eigenvalue weighted by Gasteiger charge is 2.21. The number of nitrogens with zero attached hydrogens (tertiary/aromatic N) is 1. The molecular weight excluding hydrogens is 314 g/mol. The van der Waals surface area contributed by atoms with Gasteiger partial charge in [0.05, 0.1) is 13.2 Å². The highest BCUT2D eigenvalue weighted by atomic mass is 16.5. The van der Waals surface area contributed by atoms with Gasteiger partial charge < -0.3 is 14.4 Å². The molecule has 1 aliphatic heterocycles. The Bertz CT molecular complexity index is 666. The average molecular weight is 339 g/mol. The first-order valence-electron chi connectivity index (χ1n) is 8.80. The van der Waals surface area contributed by atoms with Gasteiger partial charge in [0.25, 0.3) is 0 Å².